The summed E-state index contributed by atoms with van der Waals surface area (Å²) in [6.07, 6.45) is 1.67. The summed E-state index contributed by atoms with van der Waals surface area (Å²) in [5.74, 6) is -3.63. The molecule has 1 rings (SSSR count). The lowest BCUT2D eigenvalue weighted by Gasteiger charge is -2.42. The van der Waals surface area contributed by atoms with Crippen molar-refractivity contribution < 1.29 is 19.1 Å². The van der Waals surface area contributed by atoms with Gasteiger partial charge in [0.25, 0.3) is 0 Å². The van der Waals surface area contributed by atoms with Crippen molar-refractivity contribution >= 4 is 11.9 Å². The molecule has 18 heavy (non-hydrogen) atoms. The molecule has 0 radical (unpaired) electrons. The van der Waals surface area contributed by atoms with Crippen LogP contribution in [0, 0.1) is 39.9 Å². The summed E-state index contributed by atoms with van der Waals surface area (Å²) in [7, 11) is 2.38. The average Bonchev–Trinajstić information content (AvgIpc) is 2.35. The minimum atomic E-state index is -1.26. The highest BCUT2D eigenvalue weighted by Gasteiger charge is 2.56. The molecule has 6 heteroatoms. The van der Waals surface area contributed by atoms with E-state index in [2.05, 4.69) is 4.74 Å². The van der Waals surface area contributed by atoms with Gasteiger partial charge in [-0.1, -0.05) is 6.42 Å². The van der Waals surface area contributed by atoms with Crippen LogP contribution in [0.4, 0.5) is 0 Å². The highest BCUT2D eigenvalue weighted by Crippen LogP contribution is 2.50. The molecule has 0 amide bonds. The van der Waals surface area contributed by atoms with Crippen molar-refractivity contribution in [3.05, 3.63) is 0 Å². The summed E-state index contributed by atoms with van der Waals surface area (Å²) < 4.78 is 9.20. The van der Waals surface area contributed by atoms with Crippen molar-refractivity contribution in [2.24, 2.45) is 17.3 Å². The number of methoxy groups -OCH3 is 2. The fourth-order valence-corrected chi connectivity index (χ4v) is 2.31. The van der Waals surface area contributed by atoms with Crippen LogP contribution >= 0.6 is 0 Å². The van der Waals surface area contributed by atoms with E-state index in [1.807, 2.05) is 6.07 Å². The first-order valence-electron chi connectivity index (χ1n) is 5.53. The van der Waals surface area contributed by atoms with Gasteiger partial charge in [0.1, 0.15) is 0 Å². The molecule has 0 aromatic carbocycles. The number of nitriles is 2. The predicted octanol–water partition coefficient (Wildman–Crippen LogP) is 0.782. The Hall–Kier alpha value is -2.08. The Morgan fingerprint density at radius 1 is 1.17 bits per heavy atom. The molecule has 1 aliphatic rings. The Morgan fingerprint density at radius 2 is 1.78 bits per heavy atom. The highest BCUT2D eigenvalue weighted by atomic mass is 16.5. The molecular formula is C12H14N2O4. The Balaban J connectivity index is 3.09. The van der Waals surface area contributed by atoms with Gasteiger partial charge in [-0.3, -0.25) is 9.59 Å². The molecule has 2 atom stereocenters. The smallest absolute Gasteiger partial charge is 0.324 e. The molecule has 0 aliphatic heterocycles. The molecule has 0 N–H and O–H groups in total. The SMILES string of the molecule is COC(=O)C(C#N)C(C#N)C1(C(=O)OC)CCC1. The third-order valence-corrected chi connectivity index (χ3v) is 3.50. The Bertz CT molecular complexity index is 428. The molecule has 6 nitrogen and oxygen atoms in total. The fraction of sp³-hybridized carbons (Fsp3) is 0.667. The second-order valence-electron chi connectivity index (χ2n) is 4.24. The van der Waals surface area contributed by atoms with Crippen molar-refractivity contribution in [1.29, 1.82) is 10.5 Å². The summed E-state index contributed by atoms with van der Waals surface area (Å²) in [4.78, 5) is 23.3. The maximum atomic E-state index is 11.8. The zero-order valence-electron chi connectivity index (χ0n) is 10.3. The minimum Gasteiger partial charge on any atom is -0.469 e. The van der Waals surface area contributed by atoms with E-state index in [1.54, 1.807) is 6.07 Å². The molecule has 0 aromatic rings. The standard InChI is InChI=1S/C12H14N2O4/c1-17-10(15)8(6-13)9(7-14)12(4-3-5-12)11(16)18-2/h8-9H,3-5H2,1-2H3. The van der Waals surface area contributed by atoms with Crippen molar-refractivity contribution in [3.63, 3.8) is 0 Å². The first-order chi connectivity index (χ1) is 8.57. The van der Waals surface area contributed by atoms with Crippen LogP contribution in [0.1, 0.15) is 19.3 Å². The topological polar surface area (TPSA) is 100 Å². The summed E-state index contributed by atoms with van der Waals surface area (Å²) in [5, 5.41) is 18.2. The molecule has 1 aliphatic carbocycles. The highest BCUT2D eigenvalue weighted by molar-refractivity contribution is 5.82. The van der Waals surface area contributed by atoms with Gasteiger partial charge in [0.05, 0.1) is 37.7 Å². The summed E-state index contributed by atoms with van der Waals surface area (Å²) in [6.45, 7) is 0. The average molecular weight is 250 g/mol. The van der Waals surface area contributed by atoms with Crippen LogP contribution in [-0.4, -0.2) is 26.2 Å². The van der Waals surface area contributed by atoms with Gasteiger partial charge in [-0.2, -0.15) is 10.5 Å². The summed E-state index contributed by atoms with van der Waals surface area (Å²) in [5.41, 5.74) is -1.04. The molecule has 0 saturated heterocycles. The van der Waals surface area contributed by atoms with E-state index in [-0.39, 0.29) is 0 Å². The molecule has 1 fully saturated rings. The number of ether oxygens (including phenoxy) is 2. The van der Waals surface area contributed by atoms with E-state index in [1.165, 1.54) is 7.11 Å². The number of nitrogens with zero attached hydrogens (tertiary/aromatic N) is 2. The second-order valence-corrected chi connectivity index (χ2v) is 4.24. The van der Waals surface area contributed by atoms with E-state index in [0.717, 1.165) is 13.5 Å². The molecule has 0 spiro atoms. The Kier molecular flexibility index (Phi) is 4.28. The van der Waals surface area contributed by atoms with Gasteiger partial charge in [-0.15, -0.1) is 0 Å². The Labute approximate surface area is 105 Å². The van der Waals surface area contributed by atoms with Crippen molar-refractivity contribution in [1.82, 2.24) is 0 Å². The van der Waals surface area contributed by atoms with Crippen LogP contribution in [0.2, 0.25) is 0 Å². The van der Waals surface area contributed by atoms with Crippen LogP contribution in [-0.2, 0) is 19.1 Å². The fourth-order valence-electron chi connectivity index (χ4n) is 2.31. The normalized spacial score (nSPS) is 19.3. The van der Waals surface area contributed by atoms with Crippen LogP contribution in [0.3, 0.4) is 0 Å². The first kappa shape index (κ1) is 14.0. The zero-order valence-corrected chi connectivity index (χ0v) is 10.3. The van der Waals surface area contributed by atoms with Gasteiger partial charge < -0.3 is 9.47 Å². The molecular weight excluding hydrogens is 236 g/mol. The lowest BCUT2D eigenvalue weighted by atomic mass is 9.58. The third-order valence-electron chi connectivity index (χ3n) is 3.50. The molecule has 0 aromatic heterocycles. The van der Waals surface area contributed by atoms with Crippen LogP contribution in [0.15, 0.2) is 0 Å². The second kappa shape index (κ2) is 5.50. The van der Waals surface area contributed by atoms with Crippen LogP contribution in [0.25, 0.3) is 0 Å². The number of carbonyl (C=O) groups is 2. The summed E-state index contributed by atoms with van der Waals surface area (Å²) in [6, 6.07) is 3.65. The maximum Gasteiger partial charge on any atom is 0.324 e. The molecule has 0 bridgehead atoms. The lowest BCUT2D eigenvalue weighted by Crippen LogP contribution is -2.48. The van der Waals surface area contributed by atoms with Gasteiger partial charge >= 0.3 is 11.9 Å². The van der Waals surface area contributed by atoms with E-state index >= 15 is 0 Å². The zero-order chi connectivity index (χ0) is 13.8. The van der Waals surface area contributed by atoms with E-state index in [4.69, 9.17) is 10.00 Å². The molecule has 0 heterocycles. The summed E-state index contributed by atoms with van der Waals surface area (Å²) >= 11 is 0. The van der Waals surface area contributed by atoms with Crippen LogP contribution < -0.4 is 0 Å². The van der Waals surface area contributed by atoms with Crippen molar-refractivity contribution in [2.45, 2.75) is 19.3 Å². The molecule has 2 unspecified atom stereocenters. The van der Waals surface area contributed by atoms with Gasteiger partial charge in [0.2, 0.25) is 0 Å². The largest absolute Gasteiger partial charge is 0.469 e. The number of hydrogen-bond donors (Lipinski definition) is 0. The number of carbonyl (C=O) groups excluding carboxylic acids is 2. The monoisotopic (exact) mass is 250 g/mol. The van der Waals surface area contributed by atoms with Gasteiger partial charge in [-0.25, -0.2) is 0 Å². The number of hydrogen-bond acceptors (Lipinski definition) is 6. The van der Waals surface area contributed by atoms with Crippen molar-refractivity contribution in [3.8, 4) is 12.1 Å². The third kappa shape index (κ3) is 2.02. The predicted molar refractivity (Wildman–Crippen MR) is 58.5 cm³/mol. The van der Waals surface area contributed by atoms with Crippen LogP contribution in [0.5, 0.6) is 0 Å². The lowest BCUT2D eigenvalue weighted by molar-refractivity contribution is -0.165. The maximum absolute atomic E-state index is 11.8. The van der Waals surface area contributed by atoms with Gasteiger partial charge in [-0.05, 0) is 12.8 Å². The van der Waals surface area contributed by atoms with E-state index < -0.39 is 29.2 Å². The van der Waals surface area contributed by atoms with E-state index in [0.29, 0.717) is 12.8 Å². The van der Waals surface area contributed by atoms with Crippen molar-refractivity contribution in [2.75, 3.05) is 14.2 Å². The molecule has 96 valence electrons. The Morgan fingerprint density at radius 3 is 2.06 bits per heavy atom. The first-order valence-corrected chi connectivity index (χ1v) is 5.53. The quantitative estimate of drug-likeness (QED) is 0.683. The van der Waals surface area contributed by atoms with Gasteiger partial charge in [0, 0.05) is 0 Å². The number of rotatable bonds is 4. The van der Waals surface area contributed by atoms with E-state index in [9.17, 15) is 14.9 Å². The number of esters is 2. The minimum absolute atomic E-state index is 0.451. The van der Waals surface area contributed by atoms with Gasteiger partial charge in [0.15, 0.2) is 5.92 Å². The molecule has 1 saturated carbocycles.